The molecule has 1 N–H and O–H groups in total. The van der Waals surface area contributed by atoms with Gasteiger partial charge in [-0.15, -0.1) is 0 Å². The molecule has 1 unspecified atom stereocenters. The number of hydrogen-bond donors (Lipinski definition) is 1. The van der Waals surface area contributed by atoms with Crippen LogP contribution in [0, 0.1) is 13.8 Å². The standard InChI is InChI=1S/C29H29NO5/c1-17(2)35-22-14-11-20(12-15-22)27(31)25-26(23-8-6-7-9-24(23)34-5)30(29(33)28(25)32)21-13-10-18(3)19(4)16-21/h6-17,26,31H,1-5H3/b27-25+. The predicted molar refractivity (Wildman–Crippen MR) is 136 cm³/mol. The van der Waals surface area contributed by atoms with Crippen molar-refractivity contribution in [1.29, 1.82) is 0 Å². The summed E-state index contributed by atoms with van der Waals surface area (Å²) in [4.78, 5) is 28.2. The van der Waals surface area contributed by atoms with Gasteiger partial charge in [0, 0.05) is 16.8 Å². The Kier molecular flexibility index (Phi) is 6.65. The highest BCUT2D eigenvalue weighted by atomic mass is 16.5. The summed E-state index contributed by atoms with van der Waals surface area (Å²) in [5.41, 5.74) is 3.67. The molecule has 0 saturated carbocycles. The lowest BCUT2D eigenvalue weighted by Crippen LogP contribution is -2.29. The molecule has 35 heavy (non-hydrogen) atoms. The van der Waals surface area contributed by atoms with Crippen molar-refractivity contribution in [1.82, 2.24) is 0 Å². The predicted octanol–water partition coefficient (Wildman–Crippen LogP) is 5.73. The van der Waals surface area contributed by atoms with E-state index < -0.39 is 17.7 Å². The van der Waals surface area contributed by atoms with Crippen molar-refractivity contribution in [3.8, 4) is 11.5 Å². The molecule has 1 heterocycles. The number of anilines is 1. The van der Waals surface area contributed by atoms with Crippen LogP contribution in [-0.4, -0.2) is 30.0 Å². The number of aryl methyl sites for hydroxylation is 2. The fourth-order valence-corrected chi connectivity index (χ4v) is 4.28. The van der Waals surface area contributed by atoms with Crippen LogP contribution in [0.5, 0.6) is 11.5 Å². The zero-order chi connectivity index (χ0) is 25.3. The number of carbonyl (C=O) groups is 2. The smallest absolute Gasteiger partial charge is 0.300 e. The van der Waals surface area contributed by atoms with Gasteiger partial charge in [0.1, 0.15) is 17.3 Å². The van der Waals surface area contributed by atoms with E-state index in [0.717, 1.165) is 11.1 Å². The van der Waals surface area contributed by atoms with Crippen molar-refractivity contribution < 1.29 is 24.2 Å². The lowest BCUT2D eigenvalue weighted by atomic mass is 9.94. The second-order valence-corrected chi connectivity index (χ2v) is 8.87. The van der Waals surface area contributed by atoms with Gasteiger partial charge in [0.25, 0.3) is 11.7 Å². The molecule has 0 radical (unpaired) electrons. The van der Waals surface area contributed by atoms with Crippen LogP contribution in [0.25, 0.3) is 5.76 Å². The molecule has 0 aliphatic carbocycles. The maximum Gasteiger partial charge on any atom is 0.300 e. The molecule has 1 amide bonds. The summed E-state index contributed by atoms with van der Waals surface area (Å²) in [6.45, 7) is 7.79. The van der Waals surface area contributed by atoms with Gasteiger partial charge in [-0.3, -0.25) is 14.5 Å². The molecule has 1 aliphatic rings. The maximum absolute atomic E-state index is 13.4. The maximum atomic E-state index is 13.4. The van der Waals surface area contributed by atoms with E-state index in [-0.39, 0.29) is 17.4 Å². The Morgan fingerprint density at radius 2 is 1.63 bits per heavy atom. The largest absolute Gasteiger partial charge is 0.507 e. The Bertz CT molecular complexity index is 1310. The Morgan fingerprint density at radius 3 is 2.26 bits per heavy atom. The molecule has 0 aromatic heterocycles. The molecule has 1 atom stereocenters. The second kappa shape index (κ2) is 9.66. The molecule has 6 nitrogen and oxygen atoms in total. The molecule has 0 bridgehead atoms. The minimum atomic E-state index is -0.861. The normalized spacial score (nSPS) is 17.2. The van der Waals surface area contributed by atoms with E-state index in [1.807, 2.05) is 58.0 Å². The zero-order valence-corrected chi connectivity index (χ0v) is 20.5. The number of para-hydroxylation sites is 1. The first-order chi connectivity index (χ1) is 16.7. The highest BCUT2D eigenvalue weighted by molar-refractivity contribution is 6.51. The molecule has 4 rings (SSSR count). The van der Waals surface area contributed by atoms with Gasteiger partial charge in [0.15, 0.2) is 0 Å². The summed E-state index contributed by atoms with van der Waals surface area (Å²) >= 11 is 0. The summed E-state index contributed by atoms with van der Waals surface area (Å²) in [6, 6.07) is 18.8. The van der Waals surface area contributed by atoms with Crippen molar-refractivity contribution in [3.63, 3.8) is 0 Å². The highest BCUT2D eigenvalue weighted by Crippen LogP contribution is 2.45. The number of ketones is 1. The van der Waals surface area contributed by atoms with E-state index in [1.165, 1.54) is 12.0 Å². The highest BCUT2D eigenvalue weighted by Gasteiger charge is 2.48. The van der Waals surface area contributed by atoms with Crippen molar-refractivity contribution in [3.05, 3.63) is 94.6 Å². The van der Waals surface area contributed by atoms with Gasteiger partial charge >= 0.3 is 0 Å². The van der Waals surface area contributed by atoms with E-state index in [9.17, 15) is 14.7 Å². The quantitative estimate of drug-likeness (QED) is 0.282. The van der Waals surface area contributed by atoms with Crippen molar-refractivity contribution in [2.24, 2.45) is 0 Å². The number of benzene rings is 3. The Labute approximate surface area is 205 Å². The van der Waals surface area contributed by atoms with E-state index >= 15 is 0 Å². The number of aliphatic hydroxyl groups is 1. The summed E-state index contributed by atoms with van der Waals surface area (Å²) in [5.74, 6) is -0.542. The van der Waals surface area contributed by atoms with Gasteiger partial charge in [0.2, 0.25) is 0 Å². The van der Waals surface area contributed by atoms with Crippen LogP contribution in [0.15, 0.2) is 72.3 Å². The molecular formula is C29H29NO5. The van der Waals surface area contributed by atoms with E-state index in [4.69, 9.17) is 9.47 Å². The van der Waals surface area contributed by atoms with Crippen LogP contribution in [0.1, 0.15) is 42.1 Å². The third-order valence-electron chi connectivity index (χ3n) is 6.15. The van der Waals surface area contributed by atoms with Crippen LogP contribution in [0.3, 0.4) is 0 Å². The topological polar surface area (TPSA) is 76.1 Å². The van der Waals surface area contributed by atoms with Crippen molar-refractivity contribution in [2.75, 3.05) is 12.0 Å². The number of hydrogen-bond acceptors (Lipinski definition) is 5. The van der Waals surface area contributed by atoms with Crippen LogP contribution < -0.4 is 14.4 Å². The molecular weight excluding hydrogens is 442 g/mol. The van der Waals surface area contributed by atoms with Gasteiger partial charge in [-0.25, -0.2) is 0 Å². The lowest BCUT2D eigenvalue weighted by Gasteiger charge is -2.27. The number of methoxy groups -OCH3 is 1. The number of aliphatic hydroxyl groups excluding tert-OH is 1. The summed E-state index contributed by atoms with van der Waals surface area (Å²) in [7, 11) is 1.54. The molecule has 1 aliphatic heterocycles. The van der Waals surface area contributed by atoms with E-state index in [2.05, 4.69) is 0 Å². The van der Waals surface area contributed by atoms with E-state index in [1.54, 1.807) is 36.4 Å². The van der Waals surface area contributed by atoms with Crippen LogP contribution >= 0.6 is 0 Å². The average molecular weight is 472 g/mol. The number of amides is 1. The van der Waals surface area contributed by atoms with Gasteiger partial charge in [-0.05, 0) is 81.3 Å². The molecule has 0 spiro atoms. The van der Waals surface area contributed by atoms with Crippen LogP contribution in [0.2, 0.25) is 0 Å². The first-order valence-corrected chi connectivity index (χ1v) is 11.5. The Balaban J connectivity index is 1.91. The van der Waals surface area contributed by atoms with Crippen LogP contribution in [-0.2, 0) is 9.59 Å². The van der Waals surface area contributed by atoms with Gasteiger partial charge in [-0.2, -0.15) is 0 Å². The molecule has 6 heteroatoms. The van der Waals surface area contributed by atoms with Gasteiger partial charge < -0.3 is 14.6 Å². The second-order valence-electron chi connectivity index (χ2n) is 8.87. The summed E-state index contributed by atoms with van der Waals surface area (Å²) in [6.07, 6.45) is 0.00304. The number of carbonyl (C=O) groups excluding carboxylic acids is 2. The first kappa shape index (κ1) is 24.1. The first-order valence-electron chi connectivity index (χ1n) is 11.5. The number of nitrogens with zero attached hydrogens (tertiary/aromatic N) is 1. The number of Topliss-reactive ketones (excluding diaryl/α,β-unsaturated/α-hetero) is 1. The minimum absolute atomic E-state index is 0.00304. The molecule has 3 aromatic rings. The lowest BCUT2D eigenvalue weighted by molar-refractivity contribution is -0.132. The molecule has 3 aromatic carbocycles. The monoisotopic (exact) mass is 471 g/mol. The SMILES string of the molecule is COc1ccccc1C1/C(=C(\O)c2ccc(OC(C)C)cc2)C(=O)C(=O)N1c1ccc(C)c(C)c1. The average Bonchev–Trinajstić information content (AvgIpc) is 3.10. The third-order valence-corrected chi connectivity index (χ3v) is 6.15. The molecule has 1 fully saturated rings. The number of ether oxygens (including phenoxy) is 2. The fourth-order valence-electron chi connectivity index (χ4n) is 4.28. The Morgan fingerprint density at radius 1 is 0.943 bits per heavy atom. The van der Waals surface area contributed by atoms with Gasteiger partial charge in [-0.1, -0.05) is 24.3 Å². The van der Waals surface area contributed by atoms with Crippen LogP contribution in [0.4, 0.5) is 5.69 Å². The van der Waals surface area contributed by atoms with Crippen molar-refractivity contribution in [2.45, 2.75) is 39.8 Å². The van der Waals surface area contributed by atoms with Gasteiger partial charge in [0.05, 0.1) is 24.8 Å². The summed E-state index contributed by atoms with van der Waals surface area (Å²) < 4.78 is 11.3. The van der Waals surface area contributed by atoms with Crippen molar-refractivity contribution >= 4 is 23.1 Å². The zero-order valence-electron chi connectivity index (χ0n) is 20.5. The Hall–Kier alpha value is -4.06. The molecule has 180 valence electrons. The number of rotatable bonds is 6. The fraction of sp³-hybridized carbons (Fsp3) is 0.241. The molecule has 1 saturated heterocycles. The van der Waals surface area contributed by atoms with E-state index in [0.29, 0.717) is 28.3 Å². The third kappa shape index (κ3) is 4.52. The minimum Gasteiger partial charge on any atom is -0.507 e. The summed E-state index contributed by atoms with van der Waals surface area (Å²) in [5, 5.41) is 11.3.